The molecule has 0 saturated carbocycles. The smallest absolute Gasteiger partial charge is 0.343 e. The summed E-state index contributed by atoms with van der Waals surface area (Å²) in [6.45, 7) is 1.94. The zero-order valence-corrected chi connectivity index (χ0v) is 20.4. The second-order valence-electron chi connectivity index (χ2n) is 8.33. The second kappa shape index (κ2) is 10.1. The minimum absolute atomic E-state index is 0.0361. The lowest BCUT2D eigenvalue weighted by Crippen LogP contribution is -2.20. The fraction of sp³-hybridized carbons (Fsp3) is 0.375. The number of thiazole rings is 1. The third-order valence-corrected chi connectivity index (χ3v) is 7.96. The molecule has 34 heavy (non-hydrogen) atoms. The van der Waals surface area contributed by atoms with E-state index in [-0.39, 0.29) is 33.4 Å². The van der Waals surface area contributed by atoms with Crippen molar-refractivity contribution in [3.05, 3.63) is 68.0 Å². The minimum atomic E-state index is -3.86. The number of hydrogen-bond acceptors (Lipinski definition) is 8. The van der Waals surface area contributed by atoms with E-state index in [2.05, 4.69) is 9.71 Å². The number of sulfonamides is 1. The zero-order valence-electron chi connectivity index (χ0n) is 18.7. The fourth-order valence-corrected chi connectivity index (χ4v) is 6.24. The van der Waals surface area contributed by atoms with Crippen LogP contribution in [-0.4, -0.2) is 24.3 Å². The van der Waals surface area contributed by atoms with E-state index < -0.39 is 21.6 Å². The molecule has 0 fully saturated rings. The highest BCUT2D eigenvalue weighted by molar-refractivity contribution is 7.92. The molecular formula is C24H26N2O6S2. The molecule has 3 aromatic rings. The number of nitrogens with one attached hydrogen (secondary N) is 1. The van der Waals surface area contributed by atoms with Crippen LogP contribution in [0.15, 0.2) is 49.4 Å². The van der Waals surface area contributed by atoms with Crippen LogP contribution in [0, 0.1) is 0 Å². The molecule has 4 rings (SSSR count). The Balaban J connectivity index is 1.77. The van der Waals surface area contributed by atoms with Crippen molar-refractivity contribution in [3.8, 4) is 5.75 Å². The number of aromatic hydroxyl groups is 1. The number of ketones is 1. The summed E-state index contributed by atoms with van der Waals surface area (Å²) in [5, 5.41) is 12.5. The largest absolute Gasteiger partial charge is 0.506 e. The quantitative estimate of drug-likeness (QED) is 0.473. The monoisotopic (exact) mass is 502 g/mol. The van der Waals surface area contributed by atoms with Crippen molar-refractivity contribution >= 4 is 32.8 Å². The zero-order chi connectivity index (χ0) is 24.3. The Morgan fingerprint density at radius 3 is 2.74 bits per heavy atom. The number of hydrogen-bond donors (Lipinski definition) is 2. The third-order valence-electron chi connectivity index (χ3n) is 5.95. The molecule has 0 aliphatic heterocycles. The molecule has 180 valence electrons. The lowest BCUT2D eigenvalue weighted by atomic mass is 9.85. The predicted octanol–water partition coefficient (Wildman–Crippen LogP) is 4.83. The topological polar surface area (TPSA) is 127 Å². The van der Waals surface area contributed by atoms with Gasteiger partial charge in [-0.2, -0.15) is 8.42 Å². The van der Waals surface area contributed by atoms with E-state index in [9.17, 15) is 23.1 Å². The Kier molecular flexibility index (Phi) is 7.18. The molecular weight excluding hydrogens is 476 g/mol. The molecule has 1 aromatic carbocycles. The average Bonchev–Trinajstić information content (AvgIpc) is 3.33. The van der Waals surface area contributed by atoms with Crippen molar-refractivity contribution in [2.45, 2.75) is 62.8 Å². The highest BCUT2D eigenvalue weighted by atomic mass is 32.2. The summed E-state index contributed by atoms with van der Waals surface area (Å²) in [5.74, 6) is -0.869. The summed E-state index contributed by atoms with van der Waals surface area (Å²) >= 11 is 1.18. The Hall–Kier alpha value is -2.98. The maximum atomic E-state index is 13.0. The Morgan fingerprint density at radius 1 is 1.21 bits per heavy atom. The van der Waals surface area contributed by atoms with Crippen molar-refractivity contribution in [3.63, 3.8) is 0 Å². The van der Waals surface area contributed by atoms with Gasteiger partial charge in [0.15, 0.2) is 10.8 Å². The molecule has 0 radical (unpaired) electrons. The molecule has 8 nitrogen and oxygen atoms in total. The lowest BCUT2D eigenvalue weighted by molar-refractivity contribution is 0.0968. The molecule has 1 aliphatic carbocycles. The molecule has 2 heterocycles. The van der Waals surface area contributed by atoms with Gasteiger partial charge in [-0.15, -0.1) is 11.3 Å². The number of aromatic nitrogens is 1. The molecule has 1 unspecified atom stereocenters. The molecule has 0 spiro atoms. The number of benzene rings is 1. The molecule has 1 atom stereocenters. The molecule has 10 heteroatoms. The number of fused-ring (bicyclic) bond motifs is 1. The fourth-order valence-electron chi connectivity index (χ4n) is 4.35. The van der Waals surface area contributed by atoms with E-state index in [1.807, 2.05) is 6.92 Å². The minimum Gasteiger partial charge on any atom is -0.506 e. The van der Waals surface area contributed by atoms with Crippen LogP contribution in [0.4, 0.5) is 5.69 Å². The summed E-state index contributed by atoms with van der Waals surface area (Å²) in [6.07, 6.45) is 4.26. The van der Waals surface area contributed by atoms with Gasteiger partial charge in [0.25, 0.3) is 10.0 Å². The van der Waals surface area contributed by atoms with E-state index in [4.69, 9.17) is 4.42 Å². The number of anilines is 1. The number of carbonyl (C=O) groups is 1. The first kappa shape index (κ1) is 24.2. The van der Waals surface area contributed by atoms with E-state index in [1.54, 1.807) is 24.3 Å². The maximum absolute atomic E-state index is 13.0. The summed E-state index contributed by atoms with van der Waals surface area (Å²) in [7, 11) is -3.86. The predicted molar refractivity (Wildman–Crippen MR) is 129 cm³/mol. The first-order chi connectivity index (χ1) is 16.3. The Labute approximate surface area is 201 Å². The van der Waals surface area contributed by atoms with Crippen LogP contribution in [0.3, 0.4) is 0 Å². The number of rotatable bonds is 7. The van der Waals surface area contributed by atoms with Crippen molar-refractivity contribution in [1.29, 1.82) is 0 Å². The van der Waals surface area contributed by atoms with Crippen LogP contribution < -0.4 is 10.3 Å². The van der Waals surface area contributed by atoms with Crippen molar-refractivity contribution in [2.75, 3.05) is 4.72 Å². The van der Waals surface area contributed by atoms with Crippen LogP contribution >= 0.6 is 11.3 Å². The average molecular weight is 503 g/mol. The highest BCUT2D eigenvalue weighted by Crippen LogP contribution is 2.38. The van der Waals surface area contributed by atoms with Gasteiger partial charge in [-0.1, -0.05) is 31.9 Å². The number of carbonyl (C=O) groups excluding carboxylic acids is 1. The van der Waals surface area contributed by atoms with Crippen molar-refractivity contribution in [1.82, 2.24) is 4.98 Å². The number of Topliss-reactive ketones (excluding diaryl/α,β-unsaturated/α-hetero) is 1. The van der Waals surface area contributed by atoms with Gasteiger partial charge in [-0.25, -0.2) is 9.78 Å². The molecule has 0 amide bonds. The van der Waals surface area contributed by atoms with Crippen LogP contribution in [0.1, 0.15) is 78.6 Å². The molecule has 2 aromatic heterocycles. The van der Waals surface area contributed by atoms with Gasteiger partial charge in [0.2, 0.25) is 0 Å². The standard InChI is InChI=1S/C24H26N2O6S2/c1-2-7-17(15-8-6-9-16(12-15)26-34(30,31)20-13-33-14-25-20)21-23(28)22-18(27)10-4-3-5-11-19(22)32-24(21)29/h6,8-9,12-14,17,26,28H,2-5,7,10-11H2,1H3. The number of aryl methyl sites for hydroxylation is 1. The first-order valence-electron chi connectivity index (χ1n) is 11.2. The summed E-state index contributed by atoms with van der Waals surface area (Å²) in [5.41, 5.74) is 1.84. The summed E-state index contributed by atoms with van der Waals surface area (Å²) < 4.78 is 33.3. The first-order valence-corrected chi connectivity index (χ1v) is 13.7. The molecule has 0 saturated heterocycles. The van der Waals surface area contributed by atoms with E-state index in [0.29, 0.717) is 36.9 Å². The molecule has 2 N–H and O–H groups in total. The van der Waals surface area contributed by atoms with Crippen LogP contribution in [0.25, 0.3) is 0 Å². The SMILES string of the molecule is CCCC(c1cccc(NS(=O)(=O)c2cscn2)c1)c1c(O)c2c(oc1=O)CCCCCC2=O. The van der Waals surface area contributed by atoms with E-state index in [0.717, 1.165) is 19.3 Å². The molecule has 1 aliphatic rings. The van der Waals surface area contributed by atoms with E-state index >= 15 is 0 Å². The van der Waals surface area contributed by atoms with Crippen molar-refractivity contribution in [2.24, 2.45) is 0 Å². The maximum Gasteiger partial charge on any atom is 0.343 e. The van der Waals surface area contributed by atoms with Gasteiger partial charge in [-0.05, 0) is 37.0 Å². The van der Waals surface area contributed by atoms with Gasteiger partial charge in [0.1, 0.15) is 11.5 Å². The highest BCUT2D eigenvalue weighted by Gasteiger charge is 2.30. The van der Waals surface area contributed by atoms with Crippen LogP contribution in [0.2, 0.25) is 0 Å². The summed E-state index contributed by atoms with van der Waals surface area (Å²) in [6, 6.07) is 6.66. The van der Waals surface area contributed by atoms with Gasteiger partial charge >= 0.3 is 5.63 Å². The Morgan fingerprint density at radius 2 is 2.00 bits per heavy atom. The van der Waals surface area contributed by atoms with Gasteiger partial charge in [0.05, 0.1) is 16.6 Å². The van der Waals surface area contributed by atoms with Gasteiger partial charge < -0.3 is 9.52 Å². The van der Waals surface area contributed by atoms with E-state index in [1.165, 1.54) is 22.2 Å². The van der Waals surface area contributed by atoms with Crippen LogP contribution in [0.5, 0.6) is 5.75 Å². The third kappa shape index (κ3) is 4.92. The number of nitrogens with zero attached hydrogens (tertiary/aromatic N) is 1. The normalized spacial score (nSPS) is 15.3. The van der Waals surface area contributed by atoms with Crippen molar-refractivity contribution < 1.29 is 22.7 Å². The Bertz CT molecular complexity index is 1350. The molecule has 0 bridgehead atoms. The van der Waals surface area contributed by atoms with Crippen LogP contribution in [-0.2, 0) is 16.4 Å². The van der Waals surface area contributed by atoms with Gasteiger partial charge in [0, 0.05) is 29.8 Å². The second-order valence-corrected chi connectivity index (χ2v) is 10.7. The summed E-state index contributed by atoms with van der Waals surface area (Å²) in [4.78, 5) is 29.7. The van der Waals surface area contributed by atoms with Gasteiger partial charge in [-0.3, -0.25) is 9.52 Å². The lowest BCUT2D eigenvalue weighted by Gasteiger charge is -2.21.